The molecule has 1 N–H and O–H groups in total. The van der Waals surface area contributed by atoms with E-state index in [0.29, 0.717) is 11.3 Å². The van der Waals surface area contributed by atoms with E-state index in [0.717, 1.165) is 13.0 Å². The van der Waals surface area contributed by atoms with Crippen LogP contribution in [0.1, 0.15) is 37.8 Å². The maximum absolute atomic E-state index is 13.0. The smallest absolute Gasteiger partial charge is 0.123 e. The lowest BCUT2D eigenvalue weighted by Crippen LogP contribution is -2.29. The minimum Gasteiger partial charge on any atom is -0.309 e. The summed E-state index contributed by atoms with van der Waals surface area (Å²) in [5.74, 6) is 1.11. The van der Waals surface area contributed by atoms with Crippen LogP contribution >= 0.6 is 11.8 Å². The van der Waals surface area contributed by atoms with Gasteiger partial charge in [-0.25, -0.2) is 4.39 Å². The van der Waals surface area contributed by atoms with Crippen molar-refractivity contribution < 1.29 is 4.39 Å². The van der Waals surface area contributed by atoms with Crippen LogP contribution in [0.15, 0.2) is 24.3 Å². The molecule has 1 saturated heterocycles. The molecule has 3 heteroatoms. The highest BCUT2D eigenvalue weighted by molar-refractivity contribution is 8.00. The molecule has 1 heterocycles. The normalized spacial score (nSPS) is 21.6. The van der Waals surface area contributed by atoms with Gasteiger partial charge in [0.05, 0.1) is 0 Å². The Labute approximate surface area is 107 Å². The molecule has 2 unspecified atom stereocenters. The molecule has 1 fully saturated rings. The molecule has 2 rings (SSSR count). The number of benzene rings is 1. The van der Waals surface area contributed by atoms with Crippen molar-refractivity contribution in [2.45, 2.75) is 37.5 Å². The van der Waals surface area contributed by atoms with E-state index >= 15 is 0 Å². The average molecular weight is 253 g/mol. The molecule has 1 aromatic carbocycles. The third kappa shape index (κ3) is 3.46. The zero-order valence-electron chi connectivity index (χ0n) is 10.3. The largest absolute Gasteiger partial charge is 0.309 e. The lowest BCUT2D eigenvalue weighted by molar-refractivity contribution is 0.502. The second kappa shape index (κ2) is 6.41. The second-order valence-corrected chi connectivity index (χ2v) is 5.88. The van der Waals surface area contributed by atoms with Gasteiger partial charge in [0.2, 0.25) is 0 Å². The lowest BCUT2D eigenvalue weighted by atomic mass is 10.0. The van der Waals surface area contributed by atoms with Crippen molar-refractivity contribution in [3.05, 3.63) is 35.6 Å². The fourth-order valence-corrected chi connectivity index (χ4v) is 3.71. The molecule has 1 aliphatic heterocycles. The summed E-state index contributed by atoms with van der Waals surface area (Å²) in [6, 6.07) is 7.34. The van der Waals surface area contributed by atoms with Crippen LogP contribution in [0.2, 0.25) is 0 Å². The van der Waals surface area contributed by atoms with Gasteiger partial charge in [0.25, 0.3) is 0 Å². The molecule has 0 radical (unpaired) electrons. The van der Waals surface area contributed by atoms with Crippen LogP contribution in [0, 0.1) is 5.82 Å². The molecule has 0 aromatic heterocycles. The Morgan fingerprint density at radius 2 is 2.18 bits per heavy atom. The number of nitrogens with one attached hydrogen (secondary N) is 1. The molecule has 0 amide bonds. The minimum atomic E-state index is -0.151. The Morgan fingerprint density at radius 1 is 1.41 bits per heavy atom. The van der Waals surface area contributed by atoms with Crippen molar-refractivity contribution in [2.24, 2.45) is 0 Å². The van der Waals surface area contributed by atoms with Gasteiger partial charge in [-0.2, -0.15) is 11.8 Å². The molecule has 1 aromatic rings. The summed E-state index contributed by atoms with van der Waals surface area (Å²) in [7, 11) is 0. The van der Waals surface area contributed by atoms with Crippen molar-refractivity contribution in [1.29, 1.82) is 0 Å². The van der Waals surface area contributed by atoms with E-state index in [2.05, 4.69) is 12.2 Å². The van der Waals surface area contributed by atoms with Crippen molar-refractivity contribution >= 4 is 11.8 Å². The molecule has 1 aliphatic rings. The molecule has 94 valence electrons. The Bertz CT molecular complexity index is 333. The summed E-state index contributed by atoms with van der Waals surface area (Å²) in [5, 5.41) is 4.25. The first-order chi connectivity index (χ1) is 8.31. The predicted octanol–water partition coefficient (Wildman–Crippen LogP) is 3.76. The number of hydrogen-bond donors (Lipinski definition) is 1. The Hall–Kier alpha value is -0.540. The summed E-state index contributed by atoms with van der Waals surface area (Å²) in [5.41, 5.74) is 1.22. The highest BCUT2D eigenvalue weighted by Crippen LogP contribution is 2.36. The van der Waals surface area contributed by atoms with E-state index in [9.17, 15) is 4.39 Å². The SMILES string of the molecule is CCCNC(c1ccc(F)cc1)C1CCCS1. The molecule has 0 bridgehead atoms. The molecular weight excluding hydrogens is 233 g/mol. The van der Waals surface area contributed by atoms with Crippen LogP contribution < -0.4 is 5.32 Å². The summed E-state index contributed by atoms with van der Waals surface area (Å²) >= 11 is 2.04. The van der Waals surface area contributed by atoms with Gasteiger partial charge in [0, 0.05) is 11.3 Å². The van der Waals surface area contributed by atoms with E-state index in [1.165, 1.54) is 24.2 Å². The molecule has 0 spiro atoms. The first-order valence-electron chi connectivity index (χ1n) is 6.41. The van der Waals surface area contributed by atoms with Crippen LogP contribution in [0.25, 0.3) is 0 Å². The summed E-state index contributed by atoms with van der Waals surface area (Å²) in [6.07, 6.45) is 3.71. The third-order valence-electron chi connectivity index (χ3n) is 3.18. The maximum atomic E-state index is 13.0. The van der Waals surface area contributed by atoms with Gasteiger partial charge in [0.15, 0.2) is 0 Å². The topological polar surface area (TPSA) is 12.0 Å². The average Bonchev–Trinajstić information content (AvgIpc) is 2.85. The van der Waals surface area contributed by atoms with Gasteiger partial charge in [-0.15, -0.1) is 0 Å². The van der Waals surface area contributed by atoms with Gasteiger partial charge < -0.3 is 5.32 Å². The summed E-state index contributed by atoms with van der Waals surface area (Å²) in [4.78, 5) is 0. The number of halogens is 1. The Morgan fingerprint density at radius 3 is 2.76 bits per heavy atom. The van der Waals surface area contributed by atoms with E-state index in [1.54, 1.807) is 12.1 Å². The van der Waals surface area contributed by atoms with Gasteiger partial charge in [-0.1, -0.05) is 19.1 Å². The fourth-order valence-electron chi connectivity index (χ4n) is 2.30. The first kappa shape index (κ1) is 12.9. The molecule has 1 nitrogen and oxygen atoms in total. The van der Waals surface area contributed by atoms with E-state index in [-0.39, 0.29) is 5.82 Å². The Kier molecular flexibility index (Phi) is 4.86. The van der Waals surface area contributed by atoms with Gasteiger partial charge in [0.1, 0.15) is 5.82 Å². The lowest BCUT2D eigenvalue weighted by Gasteiger charge is -2.24. The number of thioether (sulfide) groups is 1. The predicted molar refractivity (Wildman–Crippen MR) is 72.9 cm³/mol. The first-order valence-corrected chi connectivity index (χ1v) is 7.46. The van der Waals surface area contributed by atoms with E-state index < -0.39 is 0 Å². The summed E-state index contributed by atoms with van der Waals surface area (Å²) < 4.78 is 13.0. The molecular formula is C14H20FNS. The van der Waals surface area contributed by atoms with Crippen LogP contribution in [0.4, 0.5) is 4.39 Å². The summed E-state index contributed by atoms with van der Waals surface area (Å²) in [6.45, 7) is 3.20. The minimum absolute atomic E-state index is 0.151. The standard InChI is InChI=1S/C14H20FNS/c1-2-9-16-14(13-4-3-10-17-13)11-5-7-12(15)8-6-11/h5-8,13-14,16H,2-4,9-10H2,1H3. The zero-order valence-corrected chi connectivity index (χ0v) is 11.1. The van der Waals surface area contributed by atoms with Crippen LogP contribution in [0.5, 0.6) is 0 Å². The molecule has 2 atom stereocenters. The maximum Gasteiger partial charge on any atom is 0.123 e. The van der Waals surface area contributed by atoms with Gasteiger partial charge in [-0.3, -0.25) is 0 Å². The van der Waals surface area contributed by atoms with Crippen LogP contribution in [-0.4, -0.2) is 17.5 Å². The van der Waals surface area contributed by atoms with Crippen LogP contribution in [0.3, 0.4) is 0 Å². The Balaban J connectivity index is 2.10. The third-order valence-corrected chi connectivity index (χ3v) is 4.64. The second-order valence-electron chi connectivity index (χ2n) is 4.53. The van der Waals surface area contributed by atoms with Crippen LogP contribution in [-0.2, 0) is 0 Å². The van der Waals surface area contributed by atoms with Crippen molar-refractivity contribution in [2.75, 3.05) is 12.3 Å². The molecule has 0 saturated carbocycles. The van der Waals surface area contributed by atoms with Crippen molar-refractivity contribution in [3.63, 3.8) is 0 Å². The fraction of sp³-hybridized carbons (Fsp3) is 0.571. The van der Waals surface area contributed by atoms with Gasteiger partial charge >= 0.3 is 0 Å². The quantitative estimate of drug-likeness (QED) is 0.857. The number of rotatable bonds is 5. The highest BCUT2D eigenvalue weighted by Gasteiger charge is 2.26. The van der Waals surface area contributed by atoms with E-state index in [1.807, 2.05) is 23.9 Å². The van der Waals surface area contributed by atoms with Gasteiger partial charge in [-0.05, 0) is 49.3 Å². The van der Waals surface area contributed by atoms with Crippen molar-refractivity contribution in [3.8, 4) is 0 Å². The number of hydrogen-bond acceptors (Lipinski definition) is 2. The molecule has 17 heavy (non-hydrogen) atoms. The monoisotopic (exact) mass is 253 g/mol. The highest BCUT2D eigenvalue weighted by atomic mass is 32.2. The van der Waals surface area contributed by atoms with Crippen molar-refractivity contribution in [1.82, 2.24) is 5.32 Å². The zero-order chi connectivity index (χ0) is 12.1. The molecule has 0 aliphatic carbocycles. The van der Waals surface area contributed by atoms with E-state index in [4.69, 9.17) is 0 Å².